The van der Waals surface area contributed by atoms with Crippen LogP contribution in [0.3, 0.4) is 0 Å². The molecule has 3 fully saturated rings. The number of esters is 3. The van der Waals surface area contributed by atoms with Gasteiger partial charge in [-0.3, -0.25) is 19.2 Å². The standard InChI is InChI=1S/C28H34O8/c1-15-11-22-21-8-7-19-12-20(34-17(3)30)9-10-25(19,5)28(21)24(36-28)13-26(22,6)27(15,35-18(4)31)23(32)14-33-16(2)29/h7,9-10,12,15,21-22,24H,8,11,13-14H2,1-6H3/t15-,21-,22-,24-,25-,26-,27-,28+/m0/s1. The molecule has 5 aliphatic rings. The zero-order chi connectivity index (χ0) is 26.3. The Hall–Kier alpha value is -2.74. The van der Waals surface area contributed by atoms with Crippen LogP contribution >= 0.6 is 0 Å². The molecule has 0 radical (unpaired) electrons. The number of fused-ring (bicyclic) bond motifs is 3. The van der Waals surface area contributed by atoms with Gasteiger partial charge >= 0.3 is 17.9 Å². The van der Waals surface area contributed by atoms with E-state index in [0.29, 0.717) is 18.6 Å². The van der Waals surface area contributed by atoms with Gasteiger partial charge in [0, 0.05) is 37.5 Å². The first-order chi connectivity index (χ1) is 16.8. The normalized spacial score (nSPS) is 43.5. The molecule has 1 saturated heterocycles. The van der Waals surface area contributed by atoms with Crippen molar-refractivity contribution in [1.82, 2.24) is 0 Å². The molecule has 4 aliphatic carbocycles. The lowest BCUT2D eigenvalue weighted by Gasteiger charge is -2.55. The van der Waals surface area contributed by atoms with Gasteiger partial charge in [0.25, 0.3) is 0 Å². The molecular weight excluding hydrogens is 464 g/mol. The van der Waals surface area contributed by atoms with Crippen LogP contribution in [0.25, 0.3) is 0 Å². The number of hydrogen-bond donors (Lipinski definition) is 0. The molecule has 0 amide bonds. The first-order valence-corrected chi connectivity index (χ1v) is 12.7. The molecule has 0 bridgehead atoms. The molecule has 8 nitrogen and oxygen atoms in total. The summed E-state index contributed by atoms with van der Waals surface area (Å²) in [6, 6.07) is 0. The minimum absolute atomic E-state index is 0.0498. The van der Waals surface area contributed by atoms with Crippen LogP contribution in [0.5, 0.6) is 0 Å². The van der Waals surface area contributed by atoms with Crippen molar-refractivity contribution < 1.29 is 38.1 Å². The molecule has 0 N–H and O–H groups in total. The molecule has 0 unspecified atom stereocenters. The van der Waals surface area contributed by atoms with Gasteiger partial charge in [-0.1, -0.05) is 26.0 Å². The van der Waals surface area contributed by atoms with Crippen LogP contribution in [-0.2, 0) is 38.1 Å². The fourth-order valence-electron chi connectivity index (χ4n) is 8.32. The molecule has 1 heterocycles. The SMILES string of the molecule is CC(=O)OCC(=O)[C@@]1(OC(C)=O)[C@@H](C)C[C@H]2[C@@H]3CC=C4C=C(OC(C)=O)C=C[C@]4(C)[C@@]34O[C@H]4C[C@@]21C. The van der Waals surface area contributed by atoms with E-state index in [1.807, 2.05) is 26.0 Å². The van der Waals surface area contributed by atoms with Crippen LogP contribution in [0.2, 0.25) is 0 Å². The Kier molecular flexibility index (Phi) is 5.46. The minimum Gasteiger partial charge on any atom is -0.458 e. The van der Waals surface area contributed by atoms with Crippen molar-refractivity contribution in [3.8, 4) is 0 Å². The maximum absolute atomic E-state index is 13.7. The summed E-state index contributed by atoms with van der Waals surface area (Å²) in [5.74, 6) is -1.39. The average molecular weight is 499 g/mol. The molecule has 1 aliphatic heterocycles. The summed E-state index contributed by atoms with van der Waals surface area (Å²) in [5.41, 5.74) is -1.87. The molecule has 0 aromatic carbocycles. The van der Waals surface area contributed by atoms with E-state index in [2.05, 4.69) is 19.1 Å². The van der Waals surface area contributed by atoms with Crippen LogP contribution in [0.4, 0.5) is 0 Å². The van der Waals surface area contributed by atoms with E-state index in [1.54, 1.807) is 0 Å². The van der Waals surface area contributed by atoms with E-state index in [1.165, 1.54) is 20.8 Å². The molecule has 8 atom stereocenters. The number of rotatable bonds is 5. The monoisotopic (exact) mass is 498 g/mol. The maximum Gasteiger partial charge on any atom is 0.308 e. The fraction of sp³-hybridized carbons (Fsp3) is 0.643. The quantitative estimate of drug-likeness (QED) is 0.321. The maximum atomic E-state index is 13.7. The van der Waals surface area contributed by atoms with Gasteiger partial charge in [-0.05, 0) is 55.7 Å². The summed E-state index contributed by atoms with van der Waals surface area (Å²) in [7, 11) is 0. The van der Waals surface area contributed by atoms with E-state index >= 15 is 0 Å². The van der Waals surface area contributed by atoms with Gasteiger partial charge < -0.3 is 18.9 Å². The van der Waals surface area contributed by atoms with E-state index in [0.717, 1.165) is 12.0 Å². The van der Waals surface area contributed by atoms with Crippen molar-refractivity contribution in [3.05, 3.63) is 35.6 Å². The number of Topliss-reactive ketones (excluding diaryl/α,β-unsaturated/α-hetero) is 1. The van der Waals surface area contributed by atoms with Gasteiger partial charge in [-0.15, -0.1) is 0 Å². The lowest BCUT2D eigenvalue weighted by Crippen LogP contribution is -2.63. The lowest BCUT2D eigenvalue weighted by atomic mass is 9.48. The molecule has 194 valence electrons. The van der Waals surface area contributed by atoms with Crippen molar-refractivity contribution in [2.45, 2.75) is 78.1 Å². The van der Waals surface area contributed by atoms with Crippen molar-refractivity contribution in [2.24, 2.45) is 28.6 Å². The highest BCUT2D eigenvalue weighted by Gasteiger charge is 2.82. The topological polar surface area (TPSA) is 109 Å². The molecular formula is C28H34O8. The second-order valence-corrected chi connectivity index (χ2v) is 11.5. The summed E-state index contributed by atoms with van der Waals surface area (Å²) >= 11 is 0. The highest BCUT2D eigenvalue weighted by atomic mass is 16.6. The predicted octanol–water partition coefficient (Wildman–Crippen LogP) is 3.59. The third kappa shape index (κ3) is 3.09. The molecule has 8 heteroatoms. The van der Waals surface area contributed by atoms with Crippen molar-refractivity contribution >= 4 is 23.7 Å². The molecule has 2 saturated carbocycles. The Balaban J connectivity index is 1.55. The summed E-state index contributed by atoms with van der Waals surface area (Å²) in [6.07, 6.45) is 9.87. The van der Waals surface area contributed by atoms with Crippen molar-refractivity contribution in [3.63, 3.8) is 0 Å². The number of ether oxygens (including phenoxy) is 4. The average Bonchev–Trinajstić information content (AvgIpc) is 3.45. The van der Waals surface area contributed by atoms with Crippen LogP contribution in [0.1, 0.15) is 60.8 Å². The van der Waals surface area contributed by atoms with Crippen LogP contribution < -0.4 is 0 Å². The largest absolute Gasteiger partial charge is 0.458 e. The first kappa shape index (κ1) is 24.9. The lowest BCUT2D eigenvalue weighted by molar-refractivity contribution is -0.192. The van der Waals surface area contributed by atoms with Crippen LogP contribution in [0, 0.1) is 28.6 Å². The summed E-state index contributed by atoms with van der Waals surface area (Å²) < 4.78 is 23.0. The highest BCUT2D eigenvalue weighted by molar-refractivity contribution is 5.93. The Bertz CT molecular complexity index is 1150. The molecule has 1 spiro atoms. The Morgan fingerprint density at radius 1 is 1.06 bits per heavy atom. The van der Waals surface area contributed by atoms with E-state index < -0.39 is 40.6 Å². The van der Waals surface area contributed by atoms with Crippen molar-refractivity contribution in [1.29, 1.82) is 0 Å². The Morgan fingerprint density at radius 3 is 2.42 bits per heavy atom. The zero-order valence-electron chi connectivity index (χ0n) is 21.7. The second kappa shape index (κ2) is 7.88. The molecule has 36 heavy (non-hydrogen) atoms. The van der Waals surface area contributed by atoms with E-state index in [-0.39, 0.29) is 35.6 Å². The molecule has 0 aromatic heterocycles. The summed E-state index contributed by atoms with van der Waals surface area (Å²) in [4.78, 5) is 49.0. The predicted molar refractivity (Wildman–Crippen MR) is 127 cm³/mol. The van der Waals surface area contributed by atoms with Gasteiger partial charge in [-0.2, -0.15) is 0 Å². The van der Waals surface area contributed by atoms with Gasteiger partial charge in [0.05, 0.1) is 6.10 Å². The van der Waals surface area contributed by atoms with Gasteiger partial charge in [0.1, 0.15) is 11.4 Å². The fourth-order valence-corrected chi connectivity index (χ4v) is 8.32. The van der Waals surface area contributed by atoms with E-state index in [4.69, 9.17) is 18.9 Å². The minimum atomic E-state index is -1.40. The molecule has 5 rings (SSSR count). The van der Waals surface area contributed by atoms with Gasteiger partial charge in [0.15, 0.2) is 12.2 Å². The highest BCUT2D eigenvalue weighted by Crippen LogP contribution is 2.76. The smallest absolute Gasteiger partial charge is 0.308 e. The number of hydrogen-bond acceptors (Lipinski definition) is 8. The van der Waals surface area contributed by atoms with Gasteiger partial charge in [0.2, 0.25) is 5.78 Å². The van der Waals surface area contributed by atoms with Gasteiger partial charge in [-0.25, -0.2) is 0 Å². The number of ketones is 1. The van der Waals surface area contributed by atoms with Crippen LogP contribution in [0.15, 0.2) is 35.6 Å². The Labute approximate surface area is 211 Å². The first-order valence-electron chi connectivity index (χ1n) is 12.7. The Morgan fingerprint density at radius 2 is 1.78 bits per heavy atom. The summed E-state index contributed by atoms with van der Waals surface area (Å²) in [5, 5.41) is 0. The van der Waals surface area contributed by atoms with E-state index in [9.17, 15) is 19.2 Å². The number of allylic oxidation sites excluding steroid dienone is 3. The van der Waals surface area contributed by atoms with Crippen LogP contribution in [-0.4, -0.2) is 47.6 Å². The third-order valence-electron chi connectivity index (χ3n) is 9.64. The third-order valence-corrected chi connectivity index (χ3v) is 9.64. The van der Waals surface area contributed by atoms with Crippen molar-refractivity contribution in [2.75, 3.05) is 6.61 Å². The number of carbonyl (C=O) groups excluding carboxylic acids is 4. The number of epoxide rings is 1. The summed E-state index contributed by atoms with van der Waals surface area (Å²) in [6.45, 7) is 9.69. The number of carbonyl (C=O) groups is 4. The second-order valence-electron chi connectivity index (χ2n) is 11.5. The zero-order valence-corrected chi connectivity index (χ0v) is 21.7. The molecule has 0 aromatic rings.